The zero-order chi connectivity index (χ0) is 17.6. The third-order valence-electron chi connectivity index (χ3n) is 4.74. The summed E-state index contributed by atoms with van der Waals surface area (Å²) in [4.78, 5) is 14.8. The summed E-state index contributed by atoms with van der Waals surface area (Å²) in [5, 5.41) is 2.98. The third-order valence-corrected chi connectivity index (χ3v) is 5.43. The SMILES string of the molecule is CC1CCCN(Cc2ccc(CNC(=O)c3ccccc3Br)cc2)C1. The van der Waals surface area contributed by atoms with Gasteiger partial charge < -0.3 is 5.32 Å². The molecule has 4 heteroatoms. The molecule has 1 N–H and O–H groups in total. The Kier molecular flexibility index (Phi) is 6.27. The Bertz CT molecular complexity index is 714. The highest BCUT2D eigenvalue weighted by Gasteiger charge is 2.16. The van der Waals surface area contributed by atoms with Gasteiger partial charge in [0.1, 0.15) is 0 Å². The van der Waals surface area contributed by atoms with Gasteiger partial charge in [-0.15, -0.1) is 0 Å². The molecule has 0 saturated carbocycles. The van der Waals surface area contributed by atoms with Gasteiger partial charge in [0, 0.05) is 24.1 Å². The summed E-state index contributed by atoms with van der Waals surface area (Å²) in [7, 11) is 0. The number of piperidine rings is 1. The molecular formula is C21H25BrN2O. The molecule has 0 aromatic heterocycles. The second-order valence-electron chi connectivity index (χ2n) is 6.96. The van der Waals surface area contributed by atoms with Gasteiger partial charge in [-0.2, -0.15) is 0 Å². The lowest BCUT2D eigenvalue weighted by atomic mass is 9.99. The Morgan fingerprint density at radius 1 is 1.16 bits per heavy atom. The molecule has 3 nitrogen and oxygen atoms in total. The van der Waals surface area contributed by atoms with E-state index in [9.17, 15) is 4.79 Å². The Morgan fingerprint density at radius 3 is 2.60 bits per heavy atom. The molecule has 0 aliphatic carbocycles. The van der Waals surface area contributed by atoms with Crippen LogP contribution in [0.3, 0.4) is 0 Å². The van der Waals surface area contributed by atoms with E-state index in [1.807, 2.05) is 24.3 Å². The van der Waals surface area contributed by atoms with Gasteiger partial charge in [0.15, 0.2) is 0 Å². The van der Waals surface area contributed by atoms with Crippen LogP contribution in [-0.4, -0.2) is 23.9 Å². The molecule has 1 atom stereocenters. The highest BCUT2D eigenvalue weighted by molar-refractivity contribution is 9.10. The number of carbonyl (C=O) groups excluding carboxylic acids is 1. The average Bonchev–Trinajstić information content (AvgIpc) is 2.61. The summed E-state index contributed by atoms with van der Waals surface area (Å²) in [5.74, 6) is 0.749. The van der Waals surface area contributed by atoms with Crippen molar-refractivity contribution in [1.82, 2.24) is 10.2 Å². The number of amides is 1. The lowest BCUT2D eigenvalue weighted by molar-refractivity contribution is 0.0950. The van der Waals surface area contributed by atoms with E-state index < -0.39 is 0 Å². The molecule has 0 radical (unpaired) electrons. The van der Waals surface area contributed by atoms with Gasteiger partial charge in [-0.3, -0.25) is 9.69 Å². The minimum absolute atomic E-state index is 0.0566. The lowest BCUT2D eigenvalue weighted by Gasteiger charge is -2.30. The molecule has 0 bridgehead atoms. The molecule has 1 unspecified atom stereocenters. The summed E-state index contributed by atoms with van der Waals surface area (Å²) in [6, 6.07) is 16.1. The minimum atomic E-state index is -0.0566. The number of likely N-dealkylation sites (tertiary alicyclic amines) is 1. The van der Waals surface area contributed by atoms with E-state index in [4.69, 9.17) is 0 Å². The fourth-order valence-corrected chi connectivity index (χ4v) is 3.84. The molecule has 1 aliphatic heterocycles. The number of benzene rings is 2. The normalized spacial score (nSPS) is 18.1. The smallest absolute Gasteiger partial charge is 0.252 e. The van der Waals surface area contributed by atoms with Crippen LogP contribution in [0, 0.1) is 5.92 Å². The maximum absolute atomic E-state index is 12.3. The predicted molar refractivity (Wildman–Crippen MR) is 105 cm³/mol. The van der Waals surface area contributed by atoms with Crippen LogP contribution >= 0.6 is 15.9 Å². The maximum atomic E-state index is 12.3. The van der Waals surface area contributed by atoms with E-state index in [2.05, 4.69) is 57.3 Å². The van der Waals surface area contributed by atoms with E-state index in [0.717, 1.165) is 22.5 Å². The van der Waals surface area contributed by atoms with Crippen molar-refractivity contribution in [3.63, 3.8) is 0 Å². The monoisotopic (exact) mass is 400 g/mol. The van der Waals surface area contributed by atoms with Crippen molar-refractivity contribution in [3.8, 4) is 0 Å². The van der Waals surface area contributed by atoms with Crippen LogP contribution in [0.1, 0.15) is 41.3 Å². The molecule has 1 heterocycles. The Labute approximate surface area is 158 Å². The zero-order valence-electron chi connectivity index (χ0n) is 14.7. The number of hydrogen-bond acceptors (Lipinski definition) is 2. The number of hydrogen-bond donors (Lipinski definition) is 1. The molecule has 2 aromatic rings. The van der Waals surface area contributed by atoms with Gasteiger partial charge in [-0.1, -0.05) is 43.3 Å². The van der Waals surface area contributed by atoms with Crippen LogP contribution in [0.25, 0.3) is 0 Å². The second-order valence-corrected chi connectivity index (χ2v) is 7.82. The molecule has 1 amide bonds. The minimum Gasteiger partial charge on any atom is -0.348 e. The molecular weight excluding hydrogens is 376 g/mol. The largest absolute Gasteiger partial charge is 0.348 e. The summed E-state index contributed by atoms with van der Waals surface area (Å²) in [5.41, 5.74) is 3.13. The van der Waals surface area contributed by atoms with Gasteiger partial charge >= 0.3 is 0 Å². The molecule has 25 heavy (non-hydrogen) atoms. The van der Waals surface area contributed by atoms with Crippen LogP contribution in [0.5, 0.6) is 0 Å². The summed E-state index contributed by atoms with van der Waals surface area (Å²) >= 11 is 3.42. The fourth-order valence-electron chi connectivity index (χ4n) is 3.37. The van der Waals surface area contributed by atoms with Crippen LogP contribution < -0.4 is 5.32 Å². The average molecular weight is 401 g/mol. The Morgan fingerprint density at radius 2 is 1.88 bits per heavy atom. The first-order chi connectivity index (χ1) is 12.1. The molecule has 1 aliphatic rings. The molecule has 0 spiro atoms. The van der Waals surface area contributed by atoms with Crippen molar-refractivity contribution in [2.24, 2.45) is 5.92 Å². The van der Waals surface area contributed by atoms with Crippen LogP contribution in [0.15, 0.2) is 53.0 Å². The number of halogens is 1. The van der Waals surface area contributed by atoms with E-state index in [1.54, 1.807) is 0 Å². The van der Waals surface area contributed by atoms with E-state index in [1.165, 1.54) is 31.5 Å². The van der Waals surface area contributed by atoms with Crippen LogP contribution in [0.2, 0.25) is 0 Å². The lowest BCUT2D eigenvalue weighted by Crippen LogP contribution is -2.33. The van der Waals surface area contributed by atoms with Crippen molar-refractivity contribution in [2.75, 3.05) is 13.1 Å². The van der Waals surface area contributed by atoms with Crippen molar-refractivity contribution in [3.05, 3.63) is 69.7 Å². The van der Waals surface area contributed by atoms with Crippen LogP contribution in [0.4, 0.5) is 0 Å². The van der Waals surface area contributed by atoms with Gasteiger partial charge in [0.25, 0.3) is 5.91 Å². The third kappa shape index (κ3) is 5.16. The predicted octanol–water partition coefficient (Wildman–Crippen LogP) is 4.61. The van der Waals surface area contributed by atoms with Gasteiger partial charge in [0.05, 0.1) is 5.56 Å². The molecule has 132 valence electrons. The summed E-state index contributed by atoms with van der Waals surface area (Å²) in [6.45, 7) is 6.30. The zero-order valence-corrected chi connectivity index (χ0v) is 16.3. The van der Waals surface area contributed by atoms with Crippen molar-refractivity contribution in [1.29, 1.82) is 0 Å². The van der Waals surface area contributed by atoms with E-state index >= 15 is 0 Å². The van der Waals surface area contributed by atoms with Crippen LogP contribution in [-0.2, 0) is 13.1 Å². The number of carbonyl (C=O) groups is 1. The van der Waals surface area contributed by atoms with Gasteiger partial charge in [-0.05, 0) is 64.5 Å². The first-order valence-corrected chi connectivity index (χ1v) is 9.74. The first kappa shape index (κ1) is 18.2. The quantitative estimate of drug-likeness (QED) is 0.794. The number of nitrogens with one attached hydrogen (secondary N) is 1. The van der Waals surface area contributed by atoms with Gasteiger partial charge in [0.2, 0.25) is 0 Å². The molecule has 1 saturated heterocycles. The van der Waals surface area contributed by atoms with Crippen molar-refractivity contribution >= 4 is 21.8 Å². The first-order valence-electron chi connectivity index (χ1n) is 8.95. The Hall–Kier alpha value is -1.65. The topological polar surface area (TPSA) is 32.3 Å². The molecule has 2 aromatic carbocycles. The summed E-state index contributed by atoms with van der Waals surface area (Å²) < 4.78 is 0.818. The molecule has 1 fully saturated rings. The highest BCUT2D eigenvalue weighted by Crippen LogP contribution is 2.18. The fraction of sp³-hybridized carbons (Fsp3) is 0.381. The van der Waals surface area contributed by atoms with E-state index in [0.29, 0.717) is 12.1 Å². The van der Waals surface area contributed by atoms with Crippen molar-refractivity contribution in [2.45, 2.75) is 32.9 Å². The number of nitrogens with zero attached hydrogens (tertiary/aromatic N) is 1. The summed E-state index contributed by atoms with van der Waals surface area (Å²) in [6.07, 6.45) is 2.66. The second kappa shape index (κ2) is 8.63. The van der Waals surface area contributed by atoms with Gasteiger partial charge in [-0.25, -0.2) is 0 Å². The Balaban J connectivity index is 1.52. The van der Waals surface area contributed by atoms with Crippen molar-refractivity contribution < 1.29 is 4.79 Å². The van der Waals surface area contributed by atoms with E-state index in [-0.39, 0.29) is 5.91 Å². The maximum Gasteiger partial charge on any atom is 0.252 e. The highest BCUT2D eigenvalue weighted by atomic mass is 79.9. The standard InChI is InChI=1S/C21H25BrN2O/c1-16-5-4-12-24(14-16)15-18-10-8-17(9-11-18)13-23-21(25)19-6-2-3-7-20(19)22/h2-3,6-11,16H,4-5,12-15H2,1H3,(H,23,25). The number of rotatable bonds is 5. The molecule has 3 rings (SSSR count).